The molecule has 0 saturated carbocycles. The molecule has 0 aliphatic carbocycles. The zero-order valence-electron chi connectivity index (χ0n) is 13.0. The molecule has 0 fully saturated rings. The maximum Gasteiger partial charge on any atom is 0.258 e. The number of nitrogens with zero attached hydrogens (tertiary/aromatic N) is 2. The van der Waals surface area contributed by atoms with Crippen molar-refractivity contribution in [3.8, 4) is 0 Å². The summed E-state index contributed by atoms with van der Waals surface area (Å²) < 4.78 is 1.04. The first kappa shape index (κ1) is 16.1. The molecule has 2 aromatic heterocycles. The number of pyridine rings is 2. The van der Waals surface area contributed by atoms with Gasteiger partial charge in [-0.3, -0.25) is 9.78 Å². The van der Waals surface area contributed by atoms with Crippen LogP contribution in [0.1, 0.15) is 15.9 Å². The summed E-state index contributed by atoms with van der Waals surface area (Å²) in [6.07, 6.45) is 4.81. The van der Waals surface area contributed by atoms with Gasteiger partial charge in [0.2, 0.25) is 0 Å². The fraction of sp³-hybridized carbons (Fsp3) is 0.0556. The number of carbonyl (C=O) groups is 1. The van der Waals surface area contributed by atoms with E-state index in [2.05, 4.69) is 36.5 Å². The molecular formula is C18H15BrN4O. The van der Waals surface area contributed by atoms with E-state index in [4.69, 9.17) is 0 Å². The van der Waals surface area contributed by atoms with Crippen LogP contribution in [0.3, 0.4) is 0 Å². The fourth-order valence-corrected chi connectivity index (χ4v) is 2.44. The van der Waals surface area contributed by atoms with E-state index in [1.807, 2.05) is 31.2 Å². The van der Waals surface area contributed by atoms with Crippen LogP contribution in [0.25, 0.3) is 0 Å². The van der Waals surface area contributed by atoms with Crippen LogP contribution in [0.15, 0.2) is 65.5 Å². The number of nitrogens with one attached hydrogen (secondary N) is 2. The van der Waals surface area contributed by atoms with Crippen molar-refractivity contribution in [3.63, 3.8) is 0 Å². The van der Waals surface area contributed by atoms with E-state index >= 15 is 0 Å². The summed E-state index contributed by atoms with van der Waals surface area (Å²) in [4.78, 5) is 20.2. The maximum atomic E-state index is 12.0. The monoisotopic (exact) mass is 382 g/mol. The van der Waals surface area contributed by atoms with E-state index in [-0.39, 0.29) is 5.91 Å². The van der Waals surface area contributed by atoms with Crippen molar-refractivity contribution in [2.45, 2.75) is 6.92 Å². The van der Waals surface area contributed by atoms with Crippen molar-refractivity contribution >= 4 is 39.0 Å². The topological polar surface area (TPSA) is 66.9 Å². The van der Waals surface area contributed by atoms with Crippen LogP contribution in [0.4, 0.5) is 17.2 Å². The summed E-state index contributed by atoms with van der Waals surface area (Å²) in [6, 6.07) is 13.1. The lowest BCUT2D eigenvalue weighted by molar-refractivity contribution is 0.102. The Morgan fingerprint density at radius 2 is 1.92 bits per heavy atom. The van der Waals surface area contributed by atoms with Gasteiger partial charge in [-0.05, 0) is 48.9 Å². The molecule has 0 bridgehead atoms. The van der Waals surface area contributed by atoms with Crippen LogP contribution >= 0.6 is 15.9 Å². The lowest BCUT2D eigenvalue weighted by Crippen LogP contribution is -2.13. The Bertz CT molecular complexity index is 851. The maximum absolute atomic E-state index is 12.0. The SMILES string of the molecule is Cc1ccc(Nc2ccc(NC(=O)c3cccnc3)nc2)cc1Br. The number of benzene rings is 1. The first-order chi connectivity index (χ1) is 11.6. The highest BCUT2D eigenvalue weighted by atomic mass is 79.9. The molecule has 6 heteroatoms. The number of carbonyl (C=O) groups excluding carboxylic acids is 1. The Kier molecular flexibility index (Phi) is 4.86. The van der Waals surface area contributed by atoms with Crippen molar-refractivity contribution < 1.29 is 4.79 Å². The standard InChI is InChI=1S/C18H15BrN4O/c1-12-4-5-14(9-16(12)19)22-15-6-7-17(21-11-15)23-18(24)13-3-2-8-20-10-13/h2-11,22H,1H3,(H,21,23,24). The molecule has 1 amide bonds. The van der Waals surface area contributed by atoms with Crippen LogP contribution in [-0.4, -0.2) is 15.9 Å². The Hall–Kier alpha value is -2.73. The summed E-state index contributed by atoms with van der Waals surface area (Å²) in [6.45, 7) is 2.04. The molecule has 0 aliphatic rings. The molecule has 0 spiro atoms. The number of halogens is 1. The normalized spacial score (nSPS) is 10.2. The van der Waals surface area contributed by atoms with Gasteiger partial charge in [0.1, 0.15) is 5.82 Å². The summed E-state index contributed by atoms with van der Waals surface area (Å²) in [7, 11) is 0. The summed E-state index contributed by atoms with van der Waals surface area (Å²) in [5.41, 5.74) is 3.46. The zero-order valence-corrected chi connectivity index (χ0v) is 14.5. The third-order valence-corrected chi connectivity index (χ3v) is 4.24. The van der Waals surface area contributed by atoms with E-state index in [0.717, 1.165) is 15.8 Å². The number of amides is 1. The summed E-state index contributed by atoms with van der Waals surface area (Å²) >= 11 is 3.51. The van der Waals surface area contributed by atoms with Gasteiger partial charge in [0.15, 0.2) is 0 Å². The van der Waals surface area contributed by atoms with E-state index in [1.165, 1.54) is 11.8 Å². The van der Waals surface area contributed by atoms with Gasteiger partial charge in [-0.25, -0.2) is 4.98 Å². The van der Waals surface area contributed by atoms with Gasteiger partial charge in [0, 0.05) is 22.6 Å². The summed E-state index contributed by atoms with van der Waals surface area (Å²) in [5, 5.41) is 6.01. The van der Waals surface area contributed by atoms with Gasteiger partial charge in [-0.1, -0.05) is 22.0 Å². The molecule has 1 aromatic carbocycles. The van der Waals surface area contributed by atoms with Crippen molar-refractivity contribution in [2.75, 3.05) is 10.6 Å². The largest absolute Gasteiger partial charge is 0.354 e. The molecule has 0 aliphatic heterocycles. The van der Waals surface area contributed by atoms with Crippen molar-refractivity contribution in [1.29, 1.82) is 0 Å². The number of hydrogen-bond acceptors (Lipinski definition) is 4. The molecule has 24 heavy (non-hydrogen) atoms. The third-order valence-electron chi connectivity index (χ3n) is 3.39. The van der Waals surface area contributed by atoms with Crippen LogP contribution in [0.5, 0.6) is 0 Å². The highest BCUT2D eigenvalue weighted by Gasteiger charge is 2.06. The average Bonchev–Trinajstić information content (AvgIpc) is 2.61. The molecule has 0 atom stereocenters. The van der Waals surface area contributed by atoms with Crippen molar-refractivity contribution in [2.24, 2.45) is 0 Å². The lowest BCUT2D eigenvalue weighted by atomic mass is 10.2. The second-order valence-electron chi connectivity index (χ2n) is 5.22. The van der Waals surface area contributed by atoms with Gasteiger partial charge in [0.05, 0.1) is 17.4 Å². The van der Waals surface area contributed by atoms with E-state index in [0.29, 0.717) is 11.4 Å². The van der Waals surface area contributed by atoms with Crippen molar-refractivity contribution in [3.05, 3.63) is 76.7 Å². The Balaban J connectivity index is 1.67. The van der Waals surface area contributed by atoms with Gasteiger partial charge in [0.25, 0.3) is 5.91 Å². The number of aromatic nitrogens is 2. The first-order valence-corrected chi connectivity index (χ1v) is 8.12. The molecule has 2 heterocycles. The third kappa shape index (κ3) is 3.97. The highest BCUT2D eigenvalue weighted by molar-refractivity contribution is 9.10. The molecule has 0 unspecified atom stereocenters. The van der Waals surface area contributed by atoms with Crippen LogP contribution in [0.2, 0.25) is 0 Å². The number of rotatable bonds is 4. The number of hydrogen-bond donors (Lipinski definition) is 2. The minimum atomic E-state index is -0.237. The van der Waals surface area contributed by atoms with E-state index < -0.39 is 0 Å². The minimum absolute atomic E-state index is 0.237. The summed E-state index contributed by atoms with van der Waals surface area (Å²) in [5.74, 6) is 0.248. The number of anilines is 3. The predicted octanol–water partition coefficient (Wildman–Crippen LogP) is 4.54. The molecule has 3 aromatic rings. The Morgan fingerprint density at radius 1 is 1.08 bits per heavy atom. The van der Waals surface area contributed by atoms with Gasteiger partial charge < -0.3 is 10.6 Å². The predicted molar refractivity (Wildman–Crippen MR) is 98.6 cm³/mol. The molecule has 5 nitrogen and oxygen atoms in total. The van der Waals surface area contributed by atoms with Gasteiger partial charge in [-0.15, -0.1) is 0 Å². The second-order valence-corrected chi connectivity index (χ2v) is 6.07. The second kappa shape index (κ2) is 7.23. The Morgan fingerprint density at radius 3 is 2.58 bits per heavy atom. The van der Waals surface area contributed by atoms with E-state index in [1.54, 1.807) is 30.6 Å². The van der Waals surface area contributed by atoms with Crippen molar-refractivity contribution in [1.82, 2.24) is 9.97 Å². The quantitative estimate of drug-likeness (QED) is 0.694. The minimum Gasteiger partial charge on any atom is -0.354 e. The first-order valence-electron chi connectivity index (χ1n) is 7.32. The average molecular weight is 383 g/mol. The van der Waals surface area contributed by atoms with Crippen LogP contribution in [0, 0.1) is 6.92 Å². The van der Waals surface area contributed by atoms with Gasteiger partial charge in [-0.2, -0.15) is 0 Å². The van der Waals surface area contributed by atoms with E-state index in [9.17, 15) is 4.79 Å². The van der Waals surface area contributed by atoms with Crippen LogP contribution < -0.4 is 10.6 Å². The van der Waals surface area contributed by atoms with Crippen LogP contribution in [-0.2, 0) is 0 Å². The highest BCUT2D eigenvalue weighted by Crippen LogP contribution is 2.23. The number of aryl methyl sites for hydroxylation is 1. The molecule has 0 saturated heterocycles. The Labute approximate surface area is 148 Å². The molecule has 120 valence electrons. The molecule has 3 rings (SSSR count). The fourth-order valence-electron chi connectivity index (χ4n) is 2.06. The molecule has 0 radical (unpaired) electrons. The lowest BCUT2D eigenvalue weighted by Gasteiger charge is -2.09. The smallest absolute Gasteiger partial charge is 0.258 e. The molecule has 2 N–H and O–H groups in total. The van der Waals surface area contributed by atoms with Gasteiger partial charge >= 0.3 is 0 Å². The zero-order chi connectivity index (χ0) is 16.9. The molecular weight excluding hydrogens is 368 g/mol.